The molecule has 0 aliphatic carbocycles. The van der Waals surface area contributed by atoms with Crippen LogP contribution in [0.2, 0.25) is 0 Å². The first kappa shape index (κ1) is 16.4. The van der Waals surface area contributed by atoms with Gasteiger partial charge >= 0.3 is 0 Å². The number of para-hydroxylation sites is 1. The molecule has 1 aromatic heterocycles. The van der Waals surface area contributed by atoms with Crippen molar-refractivity contribution in [1.82, 2.24) is 9.78 Å². The molecule has 0 saturated carbocycles. The molecule has 3 aromatic rings. The Bertz CT molecular complexity index is 985. The van der Waals surface area contributed by atoms with E-state index in [9.17, 15) is 0 Å². The van der Waals surface area contributed by atoms with Gasteiger partial charge in [0.2, 0.25) is 0 Å². The minimum atomic E-state index is 0.330. The van der Waals surface area contributed by atoms with E-state index >= 15 is 0 Å². The Hall–Kier alpha value is -2.07. The molecule has 4 heteroatoms. The van der Waals surface area contributed by atoms with Crippen molar-refractivity contribution >= 4 is 32.4 Å². The molecule has 4 rings (SSSR count). The van der Waals surface area contributed by atoms with E-state index in [0.29, 0.717) is 12.6 Å². The van der Waals surface area contributed by atoms with Crippen molar-refractivity contribution in [3.8, 4) is 5.75 Å². The molecule has 3 nitrogen and oxygen atoms in total. The van der Waals surface area contributed by atoms with Gasteiger partial charge in [0.25, 0.3) is 0 Å². The second-order valence-corrected chi connectivity index (χ2v) is 7.63. The first-order valence-corrected chi connectivity index (χ1v) is 9.50. The van der Waals surface area contributed by atoms with Gasteiger partial charge in [-0.15, -0.1) is 0 Å². The lowest BCUT2D eigenvalue weighted by Crippen LogP contribution is -2.03. The average molecular weight is 397 g/mol. The molecule has 1 aliphatic heterocycles. The van der Waals surface area contributed by atoms with E-state index in [1.54, 1.807) is 0 Å². The van der Waals surface area contributed by atoms with Crippen molar-refractivity contribution in [3.05, 3.63) is 63.8 Å². The molecule has 0 N–H and O–H groups in total. The molecule has 0 radical (unpaired) electrons. The maximum Gasteiger partial charge on any atom is 0.127 e. The summed E-state index contributed by atoms with van der Waals surface area (Å²) in [6, 6.07) is 13.1. The maximum absolute atomic E-state index is 6.14. The van der Waals surface area contributed by atoms with E-state index in [0.717, 1.165) is 23.3 Å². The molecular weight excluding hydrogens is 376 g/mol. The Balaban J connectivity index is 2.02. The fourth-order valence-electron chi connectivity index (χ4n) is 3.47. The number of aromatic nitrogens is 2. The Morgan fingerprint density at radius 2 is 2.04 bits per heavy atom. The number of fused-ring (bicyclic) bond motifs is 3. The highest BCUT2D eigenvalue weighted by Crippen LogP contribution is 2.42. The number of rotatable bonds is 2. The molecule has 0 saturated heterocycles. The highest BCUT2D eigenvalue weighted by atomic mass is 79.9. The number of allylic oxidation sites excluding steroid dienone is 1. The number of hydrogen-bond acceptors (Lipinski definition) is 2. The largest absolute Gasteiger partial charge is 0.488 e. The summed E-state index contributed by atoms with van der Waals surface area (Å²) in [5, 5.41) is 5.74. The molecule has 1 aliphatic rings. The Morgan fingerprint density at radius 1 is 1.24 bits per heavy atom. The van der Waals surface area contributed by atoms with Crippen molar-refractivity contribution in [2.24, 2.45) is 0 Å². The fourth-order valence-corrected chi connectivity index (χ4v) is 3.90. The van der Waals surface area contributed by atoms with E-state index in [2.05, 4.69) is 70.7 Å². The van der Waals surface area contributed by atoms with Crippen molar-refractivity contribution in [3.63, 3.8) is 0 Å². The van der Waals surface area contributed by atoms with Crippen LogP contribution >= 0.6 is 15.9 Å². The quantitative estimate of drug-likeness (QED) is 0.525. The lowest BCUT2D eigenvalue weighted by molar-refractivity contribution is 0.307. The Kier molecular flexibility index (Phi) is 4.16. The number of halogens is 1. The van der Waals surface area contributed by atoms with Crippen molar-refractivity contribution in [2.45, 2.75) is 39.8 Å². The first-order valence-electron chi connectivity index (χ1n) is 8.71. The van der Waals surface area contributed by atoms with E-state index < -0.39 is 0 Å². The van der Waals surface area contributed by atoms with E-state index in [1.807, 2.05) is 18.3 Å². The molecule has 128 valence electrons. The van der Waals surface area contributed by atoms with Crippen molar-refractivity contribution in [1.29, 1.82) is 0 Å². The van der Waals surface area contributed by atoms with Crippen LogP contribution in [0.4, 0.5) is 0 Å². The second kappa shape index (κ2) is 6.34. The molecule has 2 aromatic carbocycles. The van der Waals surface area contributed by atoms with Crippen LogP contribution in [0, 0.1) is 0 Å². The SMILES string of the molecule is CCC(Br)=C1c2cc3cnn(C(C)C)c3cc2COc2ccccc21. The summed E-state index contributed by atoms with van der Waals surface area (Å²) in [6.45, 7) is 7.05. The molecule has 0 amide bonds. The van der Waals surface area contributed by atoms with Crippen LogP contribution in [-0.2, 0) is 6.61 Å². The zero-order valence-corrected chi connectivity index (χ0v) is 16.3. The summed E-state index contributed by atoms with van der Waals surface area (Å²) in [4.78, 5) is 0. The van der Waals surface area contributed by atoms with Crippen LogP contribution in [0.3, 0.4) is 0 Å². The molecule has 0 spiro atoms. The maximum atomic E-state index is 6.14. The number of nitrogens with zero attached hydrogens (tertiary/aromatic N) is 2. The highest BCUT2D eigenvalue weighted by Gasteiger charge is 2.22. The van der Waals surface area contributed by atoms with Gasteiger partial charge in [0.15, 0.2) is 0 Å². The fraction of sp³-hybridized carbons (Fsp3) is 0.286. The molecule has 0 unspecified atom stereocenters. The molecular formula is C21H21BrN2O. The second-order valence-electron chi connectivity index (χ2n) is 6.67. The van der Waals surface area contributed by atoms with Gasteiger partial charge in [0, 0.05) is 27.0 Å². The zero-order chi connectivity index (χ0) is 17.6. The number of hydrogen-bond donors (Lipinski definition) is 0. The summed E-state index contributed by atoms with van der Waals surface area (Å²) in [5.74, 6) is 0.939. The number of benzene rings is 2. The third kappa shape index (κ3) is 2.69. The summed E-state index contributed by atoms with van der Waals surface area (Å²) in [7, 11) is 0. The van der Waals surface area contributed by atoms with Gasteiger partial charge in [0.1, 0.15) is 12.4 Å². The van der Waals surface area contributed by atoms with Gasteiger partial charge in [-0.05, 0) is 49.6 Å². The normalized spacial score (nSPS) is 15.6. The van der Waals surface area contributed by atoms with Crippen LogP contribution in [0.15, 0.2) is 47.1 Å². The standard InChI is InChI=1S/C21H21BrN2O/c1-4-18(22)21-16-7-5-6-8-20(16)25-12-15-10-19-14(9-17(15)21)11-23-24(19)13(2)3/h5-11,13H,4,12H2,1-3H3. The Labute approximate surface area is 156 Å². The first-order chi connectivity index (χ1) is 12.1. The van der Waals surface area contributed by atoms with Gasteiger partial charge in [-0.1, -0.05) is 41.1 Å². The van der Waals surface area contributed by atoms with Crippen LogP contribution in [0.5, 0.6) is 5.75 Å². The summed E-state index contributed by atoms with van der Waals surface area (Å²) >= 11 is 3.81. The van der Waals surface area contributed by atoms with Gasteiger partial charge in [-0.2, -0.15) is 5.10 Å². The Morgan fingerprint density at radius 3 is 2.80 bits per heavy atom. The minimum Gasteiger partial charge on any atom is -0.488 e. The average Bonchev–Trinajstić information content (AvgIpc) is 2.96. The van der Waals surface area contributed by atoms with Crippen molar-refractivity contribution < 1.29 is 4.74 Å². The molecule has 0 bridgehead atoms. The third-order valence-electron chi connectivity index (χ3n) is 4.70. The number of ether oxygens (including phenoxy) is 1. The molecule has 0 fully saturated rings. The zero-order valence-electron chi connectivity index (χ0n) is 14.7. The van der Waals surface area contributed by atoms with Crippen LogP contribution in [0.1, 0.15) is 49.9 Å². The van der Waals surface area contributed by atoms with Gasteiger partial charge in [-0.25, -0.2) is 0 Å². The highest BCUT2D eigenvalue weighted by molar-refractivity contribution is 9.11. The minimum absolute atomic E-state index is 0.330. The summed E-state index contributed by atoms with van der Waals surface area (Å²) in [6.07, 6.45) is 2.90. The van der Waals surface area contributed by atoms with Gasteiger partial charge in [0.05, 0.1) is 11.7 Å². The summed E-state index contributed by atoms with van der Waals surface area (Å²) < 4.78 is 9.41. The van der Waals surface area contributed by atoms with E-state index in [1.165, 1.54) is 26.6 Å². The monoisotopic (exact) mass is 396 g/mol. The summed E-state index contributed by atoms with van der Waals surface area (Å²) in [5.41, 5.74) is 5.96. The van der Waals surface area contributed by atoms with Crippen LogP contribution in [-0.4, -0.2) is 9.78 Å². The molecule has 0 atom stereocenters. The van der Waals surface area contributed by atoms with E-state index in [4.69, 9.17) is 4.74 Å². The lowest BCUT2D eigenvalue weighted by Gasteiger charge is -2.14. The predicted octanol–water partition coefficient (Wildman–Crippen LogP) is 6.07. The lowest BCUT2D eigenvalue weighted by atomic mass is 9.92. The van der Waals surface area contributed by atoms with Crippen LogP contribution in [0.25, 0.3) is 16.5 Å². The topological polar surface area (TPSA) is 27.1 Å². The van der Waals surface area contributed by atoms with Crippen molar-refractivity contribution in [2.75, 3.05) is 0 Å². The predicted molar refractivity (Wildman–Crippen MR) is 106 cm³/mol. The smallest absolute Gasteiger partial charge is 0.127 e. The molecule has 25 heavy (non-hydrogen) atoms. The van der Waals surface area contributed by atoms with Gasteiger partial charge < -0.3 is 4.74 Å². The van der Waals surface area contributed by atoms with Crippen LogP contribution < -0.4 is 4.74 Å². The van der Waals surface area contributed by atoms with Gasteiger partial charge in [-0.3, -0.25) is 4.68 Å². The molecule has 2 heterocycles. The third-order valence-corrected chi connectivity index (χ3v) is 5.66. The van der Waals surface area contributed by atoms with E-state index in [-0.39, 0.29) is 0 Å².